The van der Waals surface area contributed by atoms with E-state index in [1.165, 1.54) is 6.21 Å². The number of ether oxygens (including phenoxy) is 1. The minimum absolute atomic E-state index is 0.677. The summed E-state index contributed by atoms with van der Waals surface area (Å²) in [7, 11) is 1.59. The standard InChI is InChI=1S/C9H11ClN2O/c1-6-3-9(13-2)7(5-12-11)4-8(6)10/h3-5H,11H2,1-2H3. The number of benzene rings is 1. The van der Waals surface area contributed by atoms with Crippen molar-refractivity contribution in [3.63, 3.8) is 0 Å². The van der Waals surface area contributed by atoms with Crippen LogP contribution in [0.15, 0.2) is 17.2 Å². The molecule has 0 unspecified atom stereocenters. The SMILES string of the molecule is COc1cc(C)c(Cl)cc1C=NN. The first-order valence-corrected chi connectivity index (χ1v) is 4.14. The van der Waals surface area contributed by atoms with Gasteiger partial charge in [-0.25, -0.2) is 0 Å². The molecule has 13 heavy (non-hydrogen) atoms. The Hall–Kier alpha value is -1.22. The van der Waals surface area contributed by atoms with Gasteiger partial charge in [-0.15, -0.1) is 0 Å². The molecule has 0 aliphatic rings. The molecule has 0 spiro atoms. The van der Waals surface area contributed by atoms with Crippen LogP contribution in [0.4, 0.5) is 0 Å². The fourth-order valence-electron chi connectivity index (χ4n) is 1.03. The summed E-state index contributed by atoms with van der Waals surface area (Å²) >= 11 is 5.92. The third-order valence-corrected chi connectivity index (χ3v) is 2.13. The van der Waals surface area contributed by atoms with E-state index in [1.807, 2.05) is 13.0 Å². The monoisotopic (exact) mass is 198 g/mol. The van der Waals surface area contributed by atoms with Crippen LogP contribution in [0.3, 0.4) is 0 Å². The average molecular weight is 199 g/mol. The third kappa shape index (κ3) is 2.12. The van der Waals surface area contributed by atoms with Gasteiger partial charge in [-0.1, -0.05) is 11.6 Å². The first-order valence-electron chi connectivity index (χ1n) is 3.76. The molecule has 0 atom stereocenters. The number of halogens is 1. The Bertz CT molecular complexity index is 337. The fraction of sp³-hybridized carbons (Fsp3) is 0.222. The van der Waals surface area contributed by atoms with E-state index in [0.717, 1.165) is 16.9 Å². The van der Waals surface area contributed by atoms with Crippen molar-refractivity contribution < 1.29 is 4.74 Å². The normalized spacial score (nSPS) is 10.7. The second-order valence-corrected chi connectivity index (χ2v) is 3.03. The Kier molecular flexibility index (Phi) is 3.14. The zero-order valence-corrected chi connectivity index (χ0v) is 8.30. The second kappa shape index (κ2) is 4.14. The number of rotatable bonds is 2. The van der Waals surface area contributed by atoms with Crippen molar-refractivity contribution in [2.24, 2.45) is 10.9 Å². The minimum atomic E-state index is 0.677. The van der Waals surface area contributed by atoms with Crippen molar-refractivity contribution in [3.05, 3.63) is 28.3 Å². The maximum atomic E-state index is 5.92. The van der Waals surface area contributed by atoms with Crippen molar-refractivity contribution >= 4 is 17.8 Å². The Morgan fingerprint density at radius 3 is 2.77 bits per heavy atom. The molecule has 0 aliphatic heterocycles. The van der Waals surface area contributed by atoms with Crippen molar-refractivity contribution in [1.82, 2.24) is 0 Å². The molecule has 0 radical (unpaired) electrons. The number of nitrogens with two attached hydrogens (primary N) is 1. The molecule has 70 valence electrons. The maximum absolute atomic E-state index is 5.92. The lowest BCUT2D eigenvalue weighted by Gasteiger charge is -2.06. The average Bonchev–Trinajstić information content (AvgIpc) is 2.11. The Labute approximate surface area is 82.1 Å². The highest BCUT2D eigenvalue weighted by Gasteiger charge is 2.04. The molecule has 2 N–H and O–H groups in total. The Morgan fingerprint density at radius 1 is 1.54 bits per heavy atom. The molecule has 0 saturated carbocycles. The van der Waals surface area contributed by atoms with E-state index in [0.29, 0.717) is 5.02 Å². The minimum Gasteiger partial charge on any atom is -0.496 e. The van der Waals surface area contributed by atoms with E-state index in [1.54, 1.807) is 13.2 Å². The van der Waals surface area contributed by atoms with Crippen LogP contribution in [-0.2, 0) is 0 Å². The van der Waals surface area contributed by atoms with Crippen molar-refractivity contribution in [3.8, 4) is 5.75 Å². The quantitative estimate of drug-likeness (QED) is 0.449. The largest absolute Gasteiger partial charge is 0.496 e. The van der Waals surface area contributed by atoms with E-state index in [-0.39, 0.29) is 0 Å². The molecule has 0 saturated heterocycles. The highest BCUT2D eigenvalue weighted by atomic mass is 35.5. The number of hydrogen-bond donors (Lipinski definition) is 1. The van der Waals surface area contributed by atoms with Crippen LogP contribution in [-0.4, -0.2) is 13.3 Å². The number of hydrazone groups is 1. The van der Waals surface area contributed by atoms with Gasteiger partial charge in [-0.3, -0.25) is 0 Å². The smallest absolute Gasteiger partial charge is 0.128 e. The Balaban J connectivity index is 3.24. The van der Waals surface area contributed by atoms with Crippen LogP contribution < -0.4 is 10.6 Å². The Morgan fingerprint density at radius 2 is 2.23 bits per heavy atom. The lowest BCUT2D eigenvalue weighted by Crippen LogP contribution is -1.94. The van der Waals surface area contributed by atoms with Gasteiger partial charge in [0, 0.05) is 10.6 Å². The topological polar surface area (TPSA) is 47.6 Å². The summed E-state index contributed by atoms with van der Waals surface area (Å²) in [6.45, 7) is 1.91. The molecule has 0 amide bonds. The molecule has 0 bridgehead atoms. The van der Waals surface area contributed by atoms with E-state index in [2.05, 4.69) is 5.10 Å². The highest BCUT2D eigenvalue weighted by molar-refractivity contribution is 6.31. The van der Waals surface area contributed by atoms with Crippen LogP contribution in [0.1, 0.15) is 11.1 Å². The first kappa shape index (κ1) is 9.86. The third-order valence-electron chi connectivity index (χ3n) is 1.72. The summed E-state index contributed by atoms with van der Waals surface area (Å²) in [5.74, 6) is 5.76. The van der Waals surface area contributed by atoms with E-state index >= 15 is 0 Å². The zero-order valence-electron chi connectivity index (χ0n) is 7.54. The van der Waals surface area contributed by atoms with Gasteiger partial charge in [0.1, 0.15) is 5.75 Å². The van der Waals surface area contributed by atoms with Gasteiger partial charge >= 0.3 is 0 Å². The molecule has 0 aromatic heterocycles. The molecule has 4 heteroatoms. The van der Waals surface area contributed by atoms with Gasteiger partial charge in [0.05, 0.1) is 13.3 Å². The molecular formula is C9H11ClN2O. The molecule has 1 rings (SSSR count). The van der Waals surface area contributed by atoms with E-state index in [4.69, 9.17) is 22.2 Å². The fourth-order valence-corrected chi connectivity index (χ4v) is 1.20. The predicted octanol–water partition coefficient (Wildman–Crippen LogP) is 1.95. The summed E-state index contributed by atoms with van der Waals surface area (Å²) in [6, 6.07) is 3.62. The van der Waals surface area contributed by atoms with Gasteiger partial charge < -0.3 is 10.6 Å². The molecule has 3 nitrogen and oxygen atoms in total. The van der Waals surface area contributed by atoms with Crippen LogP contribution >= 0.6 is 11.6 Å². The number of hydrogen-bond acceptors (Lipinski definition) is 3. The van der Waals surface area contributed by atoms with Crippen LogP contribution in [0, 0.1) is 6.92 Å². The summed E-state index contributed by atoms with van der Waals surface area (Å²) in [6.07, 6.45) is 1.50. The summed E-state index contributed by atoms with van der Waals surface area (Å²) in [5.41, 5.74) is 1.74. The molecular weight excluding hydrogens is 188 g/mol. The van der Waals surface area contributed by atoms with Gasteiger partial charge in [0.15, 0.2) is 0 Å². The second-order valence-electron chi connectivity index (χ2n) is 2.62. The predicted molar refractivity (Wildman–Crippen MR) is 54.5 cm³/mol. The molecule has 1 aromatic carbocycles. The van der Waals surface area contributed by atoms with Crippen LogP contribution in [0.2, 0.25) is 5.02 Å². The molecule has 0 aliphatic carbocycles. The van der Waals surface area contributed by atoms with E-state index < -0.39 is 0 Å². The van der Waals surface area contributed by atoms with Gasteiger partial charge in [0.25, 0.3) is 0 Å². The van der Waals surface area contributed by atoms with Gasteiger partial charge in [-0.2, -0.15) is 5.10 Å². The lowest BCUT2D eigenvalue weighted by molar-refractivity contribution is 0.414. The first-order chi connectivity index (χ1) is 6.19. The summed E-state index contributed by atoms with van der Waals surface area (Å²) in [5, 5.41) is 4.10. The number of aryl methyl sites for hydroxylation is 1. The number of methoxy groups -OCH3 is 1. The molecule has 0 heterocycles. The van der Waals surface area contributed by atoms with Gasteiger partial charge in [0.2, 0.25) is 0 Å². The van der Waals surface area contributed by atoms with Crippen LogP contribution in [0.5, 0.6) is 5.75 Å². The molecule has 1 aromatic rings. The van der Waals surface area contributed by atoms with E-state index in [9.17, 15) is 0 Å². The maximum Gasteiger partial charge on any atom is 0.128 e. The van der Waals surface area contributed by atoms with Crippen molar-refractivity contribution in [2.45, 2.75) is 6.92 Å². The summed E-state index contributed by atoms with van der Waals surface area (Å²) < 4.78 is 5.13. The highest BCUT2D eigenvalue weighted by Crippen LogP contribution is 2.24. The van der Waals surface area contributed by atoms with Crippen LogP contribution in [0.25, 0.3) is 0 Å². The van der Waals surface area contributed by atoms with Gasteiger partial charge in [-0.05, 0) is 24.6 Å². The lowest BCUT2D eigenvalue weighted by atomic mass is 10.1. The van der Waals surface area contributed by atoms with Crippen molar-refractivity contribution in [1.29, 1.82) is 0 Å². The zero-order chi connectivity index (χ0) is 9.84. The van der Waals surface area contributed by atoms with Crippen molar-refractivity contribution in [2.75, 3.05) is 7.11 Å². The number of nitrogens with zero attached hydrogens (tertiary/aromatic N) is 1. The molecule has 0 fully saturated rings. The summed E-state index contributed by atoms with van der Waals surface area (Å²) in [4.78, 5) is 0.